The van der Waals surface area contributed by atoms with Gasteiger partial charge in [-0.2, -0.15) is 13.2 Å². The third-order valence-corrected chi connectivity index (χ3v) is 4.60. The van der Waals surface area contributed by atoms with Crippen molar-refractivity contribution in [3.8, 4) is 0 Å². The Balaban J connectivity index is 5.33. The smallest absolute Gasteiger partial charge is 0.263 e. The molecule has 0 bridgehead atoms. The Morgan fingerprint density at radius 2 is 1.00 bits per heavy atom. The molecule has 0 aromatic heterocycles. The van der Waals surface area contributed by atoms with E-state index < -0.39 is 24.1 Å². The zero-order valence-corrected chi connectivity index (χ0v) is 13.5. The third-order valence-electron chi connectivity index (χ3n) is 1.31. The lowest BCUT2D eigenvalue weighted by molar-refractivity contribution is -0.312. The van der Waals surface area contributed by atoms with Crippen LogP contribution in [0, 0.1) is 0 Å². The largest absolute Gasteiger partial charge is 0.398 e. The summed E-state index contributed by atoms with van der Waals surface area (Å²) in [5.74, 6) is 0. The molecular weight excluding hydrogens is 436 g/mol. The van der Waals surface area contributed by atoms with E-state index in [1.807, 2.05) is 0 Å². The summed E-state index contributed by atoms with van der Waals surface area (Å²) in [4.78, 5) is 0. The standard InChI is InChI=1S/C5Cl8F4O/c6-1(7,3(11,12)14)5(16,17)18-4(13,15)2(8,9)10. The maximum atomic E-state index is 13.4. The Hall–Kier alpha value is 2.00. The van der Waals surface area contributed by atoms with Crippen molar-refractivity contribution in [2.24, 2.45) is 0 Å². The number of hydrogen-bond donors (Lipinski definition) is 0. The van der Waals surface area contributed by atoms with E-state index in [0.717, 1.165) is 0 Å². The van der Waals surface area contributed by atoms with Crippen molar-refractivity contribution in [2.45, 2.75) is 24.1 Å². The second-order valence-electron chi connectivity index (χ2n) is 2.71. The van der Waals surface area contributed by atoms with Gasteiger partial charge in [0.2, 0.25) is 0 Å². The highest BCUT2D eigenvalue weighted by Crippen LogP contribution is 2.57. The first-order chi connectivity index (χ1) is 7.46. The van der Waals surface area contributed by atoms with Gasteiger partial charge in [-0.3, -0.25) is 4.74 Å². The van der Waals surface area contributed by atoms with Crippen LogP contribution in [0.5, 0.6) is 0 Å². The summed E-state index contributed by atoms with van der Waals surface area (Å²) >= 11 is 38.5. The lowest BCUT2D eigenvalue weighted by Crippen LogP contribution is -2.55. The van der Waals surface area contributed by atoms with Crippen molar-refractivity contribution >= 4 is 92.8 Å². The van der Waals surface area contributed by atoms with Crippen LogP contribution in [-0.4, -0.2) is 24.1 Å². The molecule has 0 fully saturated rings. The van der Waals surface area contributed by atoms with Crippen molar-refractivity contribution < 1.29 is 22.3 Å². The lowest BCUT2D eigenvalue weighted by atomic mass is 10.4. The van der Waals surface area contributed by atoms with Gasteiger partial charge in [0.25, 0.3) is 12.7 Å². The summed E-state index contributed by atoms with van der Waals surface area (Å²) < 4.78 is 45.2. The zero-order valence-electron chi connectivity index (χ0n) is 7.44. The molecule has 18 heavy (non-hydrogen) atoms. The first-order valence-electron chi connectivity index (χ1n) is 3.43. The summed E-state index contributed by atoms with van der Waals surface area (Å²) in [6.45, 7) is 0. The predicted molar refractivity (Wildman–Crippen MR) is 66.0 cm³/mol. The lowest BCUT2D eigenvalue weighted by Gasteiger charge is -2.36. The highest BCUT2D eigenvalue weighted by Gasteiger charge is 2.70. The molecule has 0 N–H and O–H groups in total. The molecule has 0 saturated heterocycles. The monoisotopic (exact) mass is 432 g/mol. The maximum Gasteiger partial charge on any atom is 0.398 e. The van der Waals surface area contributed by atoms with Crippen molar-refractivity contribution in [1.82, 2.24) is 0 Å². The molecule has 13 heteroatoms. The van der Waals surface area contributed by atoms with Gasteiger partial charge < -0.3 is 0 Å². The number of alkyl halides is 12. The molecule has 1 nitrogen and oxygen atoms in total. The molecule has 0 aromatic rings. The second kappa shape index (κ2) is 5.65. The second-order valence-corrected chi connectivity index (χ2v) is 8.04. The molecule has 0 saturated carbocycles. The highest BCUT2D eigenvalue weighted by molar-refractivity contribution is 6.70. The average Bonchev–Trinajstić information content (AvgIpc) is 1.96. The van der Waals surface area contributed by atoms with Gasteiger partial charge in [0.05, 0.1) is 0 Å². The predicted octanol–water partition coefficient (Wildman–Crippen LogP) is 6.10. The van der Waals surface area contributed by atoms with Gasteiger partial charge in [-0.15, -0.1) is 0 Å². The van der Waals surface area contributed by atoms with Crippen LogP contribution >= 0.6 is 92.8 Å². The Morgan fingerprint density at radius 3 is 1.22 bits per heavy atom. The van der Waals surface area contributed by atoms with Gasteiger partial charge >= 0.3 is 11.4 Å². The molecule has 110 valence electrons. The fourth-order valence-electron chi connectivity index (χ4n) is 0.448. The molecule has 1 unspecified atom stereocenters. The van der Waals surface area contributed by atoms with E-state index in [9.17, 15) is 17.6 Å². The van der Waals surface area contributed by atoms with Crippen LogP contribution in [0.15, 0.2) is 0 Å². The van der Waals surface area contributed by atoms with Gasteiger partial charge in [-0.1, -0.05) is 81.2 Å². The van der Waals surface area contributed by atoms with Crippen molar-refractivity contribution in [3.63, 3.8) is 0 Å². The van der Waals surface area contributed by atoms with Crippen LogP contribution in [0.1, 0.15) is 0 Å². The van der Waals surface area contributed by atoms with Crippen molar-refractivity contribution in [2.75, 3.05) is 0 Å². The first kappa shape index (κ1) is 20.0. The van der Waals surface area contributed by atoms with E-state index in [1.54, 1.807) is 0 Å². The number of rotatable bonds is 4. The molecule has 0 aliphatic carbocycles. The molecule has 0 aliphatic rings. The number of ether oxygens (including phenoxy) is 1. The van der Waals surface area contributed by atoms with E-state index in [2.05, 4.69) is 27.9 Å². The molecule has 0 rings (SSSR count). The molecule has 0 amide bonds. The summed E-state index contributed by atoms with van der Waals surface area (Å²) in [7, 11) is 0. The van der Waals surface area contributed by atoms with Crippen LogP contribution in [0.2, 0.25) is 0 Å². The van der Waals surface area contributed by atoms with Crippen LogP contribution in [-0.2, 0) is 4.74 Å². The van der Waals surface area contributed by atoms with Crippen LogP contribution in [0.25, 0.3) is 0 Å². The van der Waals surface area contributed by atoms with Crippen LogP contribution in [0.3, 0.4) is 0 Å². The van der Waals surface area contributed by atoms with Gasteiger partial charge in [0, 0.05) is 0 Å². The third kappa shape index (κ3) is 4.25. The van der Waals surface area contributed by atoms with Crippen molar-refractivity contribution in [3.05, 3.63) is 0 Å². The molecule has 0 aliphatic heterocycles. The molecule has 0 heterocycles. The van der Waals surface area contributed by atoms with E-state index in [0.29, 0.717) is 0 Å². The van der Waals surface area contributed by atoms with Gasteiger partial charge in [0.15, 0.2) is 0 Å². The quantitative estimate of drug-likeness (QED) is 0.383. The minimum Gasteiger partial charge on any atom is -0.263 e. The van der Waals surface area contributed by atoms with E-state index in [1.165, 1.54) is 0 Å². The Kier molecular flexibility index (Phi) is 6.28. The Morgan fingerprint density at radius 1 is 0.667 bits per heavy atom. The fourth-order valence-corrected chi connectivity index (χ4v) is 0.958. The topological polar surface area (TPSA) is 9.23 Å². The Bertz CT molecular complexity index is 308. The molecule has 1 atom stereocenters. The van der Waals surface area contributed by atoms with Crippen molar-refractivity contribution in [1.29, 1.82) is 0 Å². The minimum atomic E-state index is -5.05. The van der Waals surface area contributed by atoms with Gasteiger partial charge in [-0.25, -0.2) is 4.39 Å². The Labute approximate surface area is 138 Å². The molecule has 0 spiro atoms. The summed E-state index contributed by atoms with van der Waals surface area (Å²) in [5.41, 5.74) is 0. The molecule has 0 aromatic carbocycles. The van der Waals surface area contributed by atoms with Crippen LogP contribution in [0.4, 0.5) is 17.6 Å². The summed E-state index contributed by atoms with van der Waals surface area (Å²) in [6.07, 6.45) is -5.05. The first-order valence-corrected chi connectivity index (χ1v) is 6.45. The molecule has 0 radical (unpaired) electrons. The number of halogens is 12. The van der Waals surface area contributed by atoms with E-state index in [4.69, 9.17) is 69.6 Å². The van der Waals surface area contributed by atoms with E-state index >= 15 is 0 Å². The van der Waals surface area contributed by atoms with E-state index in [-0.39, 0.29) is 0 Å². The zero-order chi connectivity index (χ0) is 15.2. The highest BCUT2D eigenvalue weighted by atomic mass is 35.6. The molecular formula is C5Cl8F4O. The fraction of sp³-hybridized carbons (Fsp3) is 1.00. The summed E-state index contributed by atoms with van der Waals surface area (Å²) in [6, 6.07) is 0. The minimum absolute atomic E-state index is 3.17. The van der Waals surface area contributed by atoms with Crippen LogP contribution < -0.4 is 0 Å². The van der Waals surface area contributed by atoms with Gasteiger partial charge in [0.1, 0.15) is 0 Å². The normalized spacial score (nSPS) is 18.7. The summed E-state index contributed by atoms with van der Waals surface area (Å²) in [5, 5.41) is -4.09. The van der Waals surface area contributed by atoms with Gasteiger partial charge in [-0.05, 0) is 11.6 Å². The average molecular weight is 436 g/mol. The number of hydrogen-bond acceptors (Lipinski definition) is 1. The maximum absolute atomic E-state index is 13.4. The SMILES string of the molecule is FC(Cl)(Cl)C(Cl)(Cl)C(F)(F)OC(F)(Cl)C(Cl)(Cl)Cl.